The van der Waals surface area contributed by atoms with Gasteiger partial charge in [0.1, 0.15) is 16.7 Å². The molecular formula is C26H24ClN3O4S. The van der Waals surface area contributed by atoms with Gasteiger partial charge in [0.15, 0.2) is 5.17 Å². The van der Waals surface area contributed by atoms with Gasteiger partial charge in [0.05, 0.1) is 26.5 Å². The van der Waals surface area contributed by atoms with Crippen LogP contribution in [0.5, 0.6) is 11.5 Å². The lowest BCUT2D eigenvalue weighted by Crippen LogP contribution is -2.44. The molecule has 1 saturated heterocycles. The molecule has 1 atom stereocenters. The normalized spacial score (nSPS) is 16.8. The molecule has 1 N–H and O–H groups in total. The van der Waals surface area contributed by atoms with E-state index in [1.807, 2.05) is 24.3 Å². The maximum Gasteiger partial charge on any atom is 0.238 e. The largest absolute Gasteiger partial charge is 0.497 e. The summed E-state index contributed by atoms with van der Waals surface area (Å²) in [4.78, 5) is 32.6. The van der Waals surface area contributed by atoms with Crippen molar-refractivity contribution in [2.75, 3.05) is 19.5 Å². The molecule has 4 rings (SSSR count). The van der Waals surface area contributed by atoms with Gasteiger partial charge in [-0.25, -0.2) is 4.99 Å². The van der Waals surface area contributed by atoms with E-state index >= 15 is 0 Å². The molecule has 7 nitrogen and oxygen atoms in total. The van der Waals surface area contributed by atoms with Gasteiger partial charge in [-0.15, -0.1) is 0 Å². The molecule has 2 amide bonds. The Hall–Kier alpha value is -3.49. The second kappa shape index (κ2) is 11.3. The van der Waals surface area contributed by atoms with E-state index in [0.717, 1.165) is 11.3 Å². The van der Waals surface area contributed by atoms with Crippen molar-refractivity contribution < 1.29 is 19.1 Å². The fourth-order valence-corrected chi connectivity index (χ4v) is 4.75. The third-order valence-corrected chi connectivity index (χ3v) is 6.74. The molecular weight excluding hydrogens is 486 g/mol. The first-order valence-electron chi connectivity index (χ1n) is 10.8. The first-order valence-corrected chi connectivity index (χ1v) is 12.1. The minimum atomic E-state index is -0.634. The number of anilines is 1. The highest BCUT2D eigenvalue weighted by atomic mass is 35.5. The first-order chi connectivity index (χ1) is 16.9. The predicted octanol–water partition coefficient (Wildman–Crippen LogP) is 5.52. The number of nitrogens with zero attached hydrogens (tertiary/aromatic N) is 2. The number of rotatable bonds is 7. The molecule has 1 heterocycles. The lowest BCUT2D eigenvalue weighted by atomic mass is 10.2. The summed E-state index contributed by atoms with van der Waals surface area (Å²) < 4.78 is 10.4. The Morgan fingerprint density at radius 1 is 1.06 bits per heavy atom. The van der Waals surface area contributed by atoms with Gasteiger partial charge < -0.3 is 14.8 Å². The van der Waals surface area contributed by atoms with Gasteiger partial charge in [-0.3, -0.25) is 14.5 Å². The predicted molar refractivity (Wildman–Crippen MR) is 140 cm³/mol. The zero-order chi connectivity index (χ0) is 24.8. The fourth-order valence-electron chi connectivity index (χ4n) is 3.47. The minimum absolute atomic E-state index is 0.0504. The molecule has 1 aliphatic rings. The highest BCUT2D eigenvalue weighted by Gasteiger charge is 2.36. The molecule has 1 fully saturated rings. The molecule has 1 aliphatic heterocycles. The number of amides is 2. The number of amidine groups is 1. The van der Waals surface area contributed by atoms with E-state index in [4.69, 9.17) is 26.1 Å². The zero-order valence-corrected chi connectivity index (χ0v) is 20.8. The van der Waals surface area contributed by atoms with Crippen molar-refractivity contribution >= 4 is 51.7 Å². The van der Waals surface area contributed by atoms with Gasteiger partial charge in [0.2, 0.25) is 11.8 Å². The summed E-state index contributed by atoms with van der Waals surface area (Å²) in [6.07, 6.45) is 0.0504. The molecule has 0 spiro atoms. The standard InChI is InChI=1S/C26H24ClN3O4S/c1-33-21-10-6-17(7-11-21)16-30-24(31)15-23(25(32)28-20-5-3-4-18(27)14-20)35-26(30)29-19-8-12-22(34-2)13-9-19/h3-14,23H,15-16H2,1-2H3,(H,28,32). The summed E-state index contributed by atoms with van der Waals surface area (Å²) in [5.41, 5.74) is 2.14. The summed E-state index contributed by atoms with van der Waals surface area (Å²) in [7, 11) is 3.20. The second-order valence-electron chi connectivity index (χ2n) is 7.73. The summed E-state index contributed by atoms with van der Waals surface area (Å²) in [5.74, 6) is 0.975. The number of halogens is 1. The Morgan fingerprint density at radius 2 is 1.71 bits per heavy atom. The fraction of sp³-hybridized carbons (Fsp3) is 0.192. The van der Waals surface area contributed by atoms with Crippen molar-refractivity contribution in [3.63, 3.8) is 0 Å². The van der Waals surface area contributed by atoms with Crippen molar-refractivity contribution in [1.29, 1.82) is 0 Å². The Morgan fingerprint density at radius 3 is 2.34 bits per heavy atom. The SMILES string of the molecule is COc1ccc(CN2C(=O)CC(C(=O)Nc3cccc(Cl)c3)SC2=Nc2ccc(OC)cc2)cc1. The molecule has 0 radical (unpaired) electrons. The third kappa shape index (κ3) is 6.35. The maximum atomic E-state index is 13.2. The quantitative estimate of drug-likeness (QED) is 0.453. The van der Waals surface area contributed by atoms with E-state index in [1.165, 1.54) is 11.8 Å². The average Bonchev–Trinajstić information content (AvgIpc) is 2.86. The summed E-state index contributed by atoms with van der Waals surface area (Å²) in [6, 6.07) is 21.6. The van der Waals surface area contributed by atoms with Gasteiger partial charge in [-0.05, 0) is 60.2 Å². The smallest absolute Gasteiger partial charge is 0.238 e. The van der Waals surface area contributed by atoms with E-state index in [1.54, 1.807) is 67.7 Å². The Labute approximate surface area is 213 Å². The number of carbonyl (C=O) groups is 2. The number of nitrogens with one attached hydrogen (secondary N) is 1. The van der Waals surface area contributed by atoms with Gasteiger partial charge >= 0.3 is 0 Å². The van der Waals surface area contributed by atoms with Crippen LogP contribution in [0.4, 0.5) is 11.4 Å². The molecule has 1 unspecified atom stereocenters. The number of hydrogen-bond acceptors (Lipinski definition) is 6. The molecule has 0 saturated carbocycles. The second-order valence-corrected chi connectivity index (χ2v) is 9.34. The number of benzene rings is 3. The monoisotopic (exact) mass is 509 g/mol. The number of ether oxygens (including phenoxy) is 2. The molecule has 3 aromatic carbocycles. The number of aliphatic imine (C=N–C) groups is 1. The minimum Gasteiger partial charge on any atom is -0.497 e. The molecule has 0 aromatic heterocycles. The van der Waals surface area contributed by atoms with Crippen molar-refractivity contribution in [2.24, 2.45) is 4.99 Å². The Balaban J connectivity index is 1.59. The summed E-state index contributed by atoms with van der Waals surface area (Å²) in [5, 5.41) is 3.18. The molecule has 3 aromatic rings. The Bertz CT molecular complexity index is 1230. The van der Waals surface area contributed by atoms with E-state index < -0.39 is 5.25 Å². The first kappa shape index (κ1) is 24.6. The van der Waals surface area contributed by atoms with E-state index in [0.29, 0.717) is 33.9 Å². The van der Waals surface area contributed by atoms with Crippen LogP contribution in [-0.4, -0.2) is 41.4 Å². The highest BCUT2D eigenvalue weighted by molar-refractivity contribution is 8.15. The van der Waals surface area contributed by atoms with Crippen LogP contribution in [0.3, 0.4) is 0 Å². The number of thioether (sulfide) groups is 1. The summed E-state index contributed by atoms with van der Waals surface area (Å²) in [6.45, 7) is 0.327. The number of methoxy groups -OCH3 is 2. The van der Waals surface area contributed by atoms with Gasteiger partial charge in [-0.1, -0.05) is 41.6 Å². The summed E-state index contributed by atoms with van der Waals surface area (Å²) >= 11 is 7.29. The van der Waals surface area contributed by atoms with Crippen molar-refractivity contribution in [2.45, 2.75) is 18.2 Å². The van der Waals surface area contributed by atoms with Crippen molar-refractivity contribution in [3.05, 3.63) is 83.4 Å². The topological polar surface area (TPSA) is 80.2 Å². The molecule has 35 heavy (non-hydrogen) atoms. The average molecular weight is 510 g/mol. The lowest BCUT2D eigenvalue weighted by Gasteiger charge is -2.32. The van der Waals surface area contributed by atoms with Gasteiger partial charge in [-0.2, -0.15) is 0 Å². The van der Waals surface area contributed by atoms with Crippen molar-refractivity contribution in [3.8, 4) is 11.5 Å². The molecule has 9 heteroatoms. The lowest BCUT2D eigenvalue weighted by molar-refractivity contribution is -0.129. The van der Waals surface area contributed by atoms with Crippen LogP contribution in [0.2, 0.25) is 5.02 Å². The highest BCUT2D eigenvalue weighted by Crippen LogP contribution is 2.32. The molecule has 0 aliphatic carbocycles. The van der Waals surface area contributed by atoms with Crippen LogP contribution >= 0.6 is 23.4 Å². The van der Waals surface area contributed by atoms with Gasteiger partial charge in [0, 0.05) is 17.1 Å². The zero-order valence-electron chi connectivity index (χ0n) is 19.2. The van der Waals surface area contributed by atoms with Crippen molar-refractivity contribution in [1.82, 2.24) is 4.90 Å². The van der Waals surface area contributed by atoms with Crippen LogP contribution in [0.1, 0.15) is 12.0 Å². The van der Waals surface area contributed by atoms with Crippen LogP contribution < -0.4 is 14.8 Å². The van der Waals surface area contributed by atoms with Crippen LogP contribution in [-0.2, 0) is 16.1 Å². The van der Waals surface area contributed by atoms with E-state index in [-0.39, 0.29) is 18.2 Å². The Kier molecular flexibility index (Phi) is 7.94. The number of hydrogen-bond donors (Lipinski definition) is 1. The van der Waals surface area contributed by atoms with Gasteiger partial charge in [0.25, 0.3) is 0 Å². The molecule has 180 valence electrons. The van der Waals surface area contributed by atoms with E-state index in [2.05, 4.69) is 5.32 Å². The van der Waals surface area contributed by atoms with Crippen LogP contribution in [0.25, 0.3) is 0 Å². The van der Waals surface area contributed by atoms with E-state index in [9.17, 15) is 9.59 Å². The maximum absolute atomic E-state index is 13.2. The van der Waals surface area contributed by atoms with Crippen LogP contribution in [0, 0.1) is 0 Å². The molecule has 0 bridgehead atoms. The number of carbonyl (C=O) groups excluding carboxylic acids is 2. The van der Waals surface area contributed by atoms with Crippen LogP contribution in [0.15, 0.2) is 77.8 Å². The third-order valence-electron chi connectivity index (χ3n) is 5.32.